The van der Waals surface area contributed by atoms with E-state index in [4.69, 9.17) is 4.74 Å². The number of hydrogen-bond acceptors (Lipinski definition) is 3. The van der Waals surface area contributed by atoms with Crippen LogP contribution in [0.1, 0.15) is 31.7 Å². The minimum absolute atomic E-state index is 0.251. The average molecular weight is 248 g/mol. The van der Waals surface area contributed by atoms with Crippen molar-refractivity contribution in [3.8, 4) is 0 Å². The first kappa shape index (κ1) is 14.3. The van der Waals surface area contributed by atoms with Crippen LogP contribution in [0, 0.1) is 0 Å². The summed E-state index contributed by atoms with van der Waals surface area (Å²) in [5, 5.41) is 0. The number of allylic oxidation sites excluding steroid dienone is 1. The monoisotopic (exact) mass is 248 g/mol. The Kier molecular flexibility index (Phi) is 6.62. The highest BCUT2D eigenvalue weighted by Gasteiger charge is 2.02. The van der Waals surface area contributed by atoms with Gasteiger partial charge in [0.15, 0.2) is 0 Å². The molecule has 0 atom stereocenters. The van der Waals surface area contributed by atoms with Crippen LogP contribution >= 0.6 is 0 Å². The fraction of sp³-hybridized carbons (Fsp3) is 0.400. The maximum atomic E-state index is 10.9. The van der Waals surface area contributed by atoms with Gasteiger partial charge in [0, 0.05) is 0 Å². The van der Waals surface area contributed by atoms with E-state index in [-0.39, 0.29) is 6.61 Å². The second-order valence-electron chi connectivity index (χ2n) is 3.96. The summed E-state index contributed by atoms with van der Waals surface area (Å²) in [4.78, 5) is 10.9. The molecule has 0 amide bonds. The molecule has 1 aromatic rings. The highest BCUT2D eigenvalue weighted by atomic mass is 16.7. The molecule has 0 aliphatic heterocycles. The molecule has 1 aromatic carbocycles. The average Bonchev–Trinajstić information content (AvgIpc) is 2.43. The summed E-state index contributed by atoms with van der Waals surface area (Å²) in [5.74, 6) is 0. The van der Waals surface area contributed by atoms with E-state index in [1.807, 2.05) is 24.3 Å². The molecule has 3 nitrogen and oxygen atoms in total. The van der Waals surface area contributed by atoms with E-state index in [1.165, 1.54) is 18.2 Å². The largest absolute Gasteiger partial charge is 0.508 e. The van der Waals surface area contributed by atoms with Crippen LogP contribution in [0.3, 0.4) is 0 Å². The molecular weight excluding hydrogens is 228 g/mol. The van der Waals surface area contributed by atoms with Gasteiger partial charge in [-0.1, -0.05) is 43.7 Å². The zero-order valence-corrected chi connectivity index (χ0v) is 11.0. The van der Waals surface area contributed by atoms with Gasteiger partial charge in [-0.3, -0.25) is 0 Å². The fourth-order valence-corrected chi connectivity index (χ4v) is 1.65. The normalized spacial score (nSPS) is 11.1. The first-order valence-electron chi connectivity index (χ1n) is 6.23. The Morgan fingerprint density at radius 2 is 2.00 bits per heavy atom. The van der Waals surface area contributed by atoms with E-state index in [1.54, 1.807) is 0 Å². The molecule has 0 spiro atoms. The van der Waals surface area contributed by atoms with E-state index < -0.39 is 6.16 Å². The van der Waals surface area contributed by atoms with Crippen molar-refractivity contribution in [3.63, 3.8) is 0 Å². The van der Waals surface area contributed by atoms with E-state index in [0.29, 0.717) is 0 Å². The lowest BCUT2D eigenvalue weighted by Crippen LogP contribution is -2.04. The molecule has 3 heteroatoms. The molecule has 98 valence electrons. The Morgan fingerprint density at radius 3 is 2.61 bits per heavy atom. The summed E-state index contributed by atoms with van der Waals surface area (Å²) >= 11 is 0. The third kappa shape index (κ3) is 5.04. The summed E-state index contributed by atoms with van der Waals surface area (Å²) in [5.41, 5.74) is 2.39. The quantitative estimate of drug-likeness (QED) is 0.713. The van der Waals surface area contributed by atoms with Crippen molar-refractivity contribution < 1.29 is 14.3 Å². The molecule has 0 bridgehead atoms. The number of carbonyl (C=O) groups excluding carboxylic acids is 1. The highest BCUT2D eigenvalue weighted by molar-refractivity contribution is 5.66. The number of methoxy groups -OCH3 is 1. The Bertz CT molecular complexity index is 382. The number of carbonyl (C=O) groups is 1. The number of ether oxygens (including phenoxy) is 2. The molecular formula is C15H20O3. The van der Waals surface area contributed by atoms with Crippen LogP contribution in [0.4, 0.5) is 4.79 Å². The molecule has 0 radical (unpaired) electrons. The minimum Gasteiger partial charge on any atom is -0.438 e. The SMILES string of the molecule is CCCC/C(=C\COC(=O)OC)c1ccccc1. The zero-order chi connectivity index (χ0) is 13.2. The molecule has 0 aliphatic rings. The van der Waals surface area contributed by atoms with Gasteiger partial charge in [0.25, 0.3) is 0 Å². The molecule has 0 N–H and O–H groups in total. The molecule has 0 saturated carbocycles. The second kappa shape index (κ2) is 8.34. The van der Waals surface area contributed by atoms with Gasteiger partial charge in [0.1, 0.15) is 6.61 Å². The van der Waals surface area contributed by atoms with Crippen LogP contribution in [0.2, 0.25) is 0 Å². The summed E-state index contributed by atoms with van der Waals surface area (Å²) in [6.07, 6.45) is 4.56. The van der Waals surface area contributed by atoms with Crippen molar-refractivity contribution in [2.24, 2.45) is 0 Å². The Hall–Kier alpha value is -1.77. The number of rotatable bonds is 6. The third-order valence-corrected chi connectivity index (χ3v) is 2.64. The molecule has 18 heavy (non-hydrogen) atoms. The van der Waals surface area contributed by atoms with Crippen molar-refractivity contribution in [1.29, 1.82) is 0 Å². The predicted molar refractivity (Wildman–Crippen MR) is 72.3 cm³/mol. The Balaban J connectivity index is 2.66. The van der Waals surface area contributed by atoms with Crippen LogP contribution < -0.4 is 0 Å². The summed E-state index contributed by atoms with van der Waals surface area (Å²) in [6, 6.07) is 10.2. The number of unbranched alkanes of at least 4 members (excludes halogenated alkanes) is 1. The lowest BCUT2D eigenvalue weighted by atomic mass is 10.0. The predicted octanol–water partition coefficient (Wildman–Crippen LogP) is 4.04. The lowest BCUT2D eigenvalue weighted by molar-refractivity contribution is 0.0818. The van der Waals surface area contributed by atoms with Gasteiger partial charge in [-0.25, -0.2) is 4.79 Å². The number of benzene rings is 1. The fourth-order valence-electron chi connectivity index (χ4n) is 1.65. The third-order valence-electron chi connectivity index (χ3n) is 2.64. The molecule has 0 saturated heterocycles. The van der Waals surface area contributed by atoms with E-state index in [0.717, 1.165) is 19.3 Å². The summed E-state index contributed by atoms with van der Waals surface area (Å²) < 4.78 is 9.31. The summed E-state index contributed by atoms with van der Waals surface area (Å²) in [6.45, 7) is 2.41. The van der Waals surface area contributed by atoms with Crippen LogP contribution in [0.25, 0.3) is 5.57 Å². The van der Waals surface area contributed by atoms with Crippen molar-refractivity contribution in [3.05, 3.63) is 42.0 Å². The summed E-state index contributed by atoms with van der Waals surface area (Å²) in [7, 11) is 1.31. The van der Waals surface area contributed by atoms with Crippen LogP contribution in [-0.2, 0) is 9.47 Å². The van der Waals surface area contributed by atoms with Gasteiger partial charge in [-0.2, -0.15) is 0 Å². The van der Waals surface area contributed by atoms with Gasteiger partial charge in [-0.15, -0.1) is 0 Å². The maximum absolute atomic E-state index is 10.9. The first-order valence-corrected chi connectivity index (χ1v) is 6.23. The van der Waals surface area contributed by atoms with Crippen LogP contribution in [0.5, 0.6) is 0 Å². The Morgan fingerprint density at radius 1 is 1.28 bits per heavy atom. The number of hydrogen-bond donors (Lipinski definition) is 0. The molecule has 0 heterocycles. The van der Waals surface area contributed by atoms with Gasteiger partial charge < -0.3 is 9.47 Å². The minimum atomic E-state index is -0.644. The molecule has 0 aliphatic carbocycles. The smallest absolute Gasteiger partial charge is 0.438 e. The molecule has 0 aromatic heterocycles. The first-order chi connectivity index (χ1) is 8.77. The van der Waals surface area contributed by atoms with Crippen LogP contribution in [0.15, 0.2) is 36.4 Å². The molecule has 0 fully saturated rings. The standard InChI is InChI=1S/C15H20O3/c1-3-4-8-14(11-12-18-15(16)17-2)13-9-6-5-7-10-13/h5-7,9-11H,3-4,8,12H2,1-2H3/b14-11+. The van der Waals surface area contributed by atoms with Crippen molar-refractivity contribution >= 4 is 11.7 Å². The zero-order valence-electron chi connectivity index (χ0n) is 11.0. The maximum Gasteiger partial charge on any atom is 0.508 e. The van der Waals surface area contributed by atoms with Gasteiger partial charge in [-0.05, 0) is 30.1 Å². The highest BCUT2D eigenvalue weighted by Crippen LogP contribution is 2.20. The van der Waals surface area contributed by atoms with Gasteiger partial charge in [0.05, 0.1) is 7.11 Å². The lowest BCUT2D eigenvalue weighted by Gasteiger charge is -2.07. The van der Waals surface area contributed by atoms with E-state index in [9.17, 15) is 4.79 Å². The Labute approximate surface area is 108 Å². The van der Waals surface area contributed by atoms with Crippen molar-refractivity contribution in [1.82, 2.24) is 0 Å². The van der Waals surface area contributed by atoms with Crippen LogP contribution in [-0.4, -0.2) is 19.9 Å². The van der Waals surface area contributed by atoms with Crippen molar-refractivity contribution in [2.75, 3.05) is 13.7 Å². The topological polar surface area (TPSA) is 35.5 Å². The second-order valence-corrected chi connectivity index (χ2v) is 3.96. The molecule has 1 rings (SSSR count). The van der Waals surface area contributed by atoms with Crippen molar-refractivity contribution in [2.45, 2.75) is 26.2 Å². The van der Waals surface area contributed by atoms with E-state index >= 15 is 0 Å². The van der Waals surface area contributed by atoms with Gasteiger partial charge in [0.2, 0.25) is 0 Å². The molecule has 0 unspecified atom stereocenters. The van der Waals surface area contributed by atoms with E-state index in [2.05, 4.69) is 23.8 Å². The van der Waals surface area contributed by atoms with Gasteiger partial charge >= 0.3 is 6.16 Å².